The molecule has 1 atom stereocenters. The molecule has 0 aliphatic heterocycles. The van der Waals surface area contributed by atoms with E-state index in [0.29, 0.717) is 18.0 Å². The van der Waals surface area contributed by atoms with Crippen molar-refractivity contribution in [2.24, 2.45) is 0 Å². The number of amides is 2. The van der Waals surface area contributed by atoms with E-state index in [0.717, 1.165) is 16.5 Å². The number of benzene rings is 2. The van der Waals surface area contributed by atoms with Crippen LogP contribution in [0, 0.1) is 0 Å². The summed E-state index contributed by atoms with van der Waals surface area (Å²) in [6.45, 7) is 6.24. The maximum absolute atomic E-state index is 13.0. The zero-order valence-corrected chi connectivity index (χ0v) is 19.5. The van der Waals surface area contributed by atoms with Crippen molar-refractivity contribution in [2.45, 2.75) is 39.8 Å². The SMILES string of the molecule is CCNC(=O)C(C)N(Cc1cccc(OC)c1)C(=O)COc1ccc(CC)cc1Br. The summed E-state index contributed by atoms with van der Waals surface area (Å²) in [4.78, 5) is 27.0. The monoisotopic (exact) mass is 476 g/mol. The van der Waals surface area contributed by atoms with E-state index in [1.54, 1.807) is 14.0 Å². The highest BCUT2D eigenvalue weighted by molar-refractivity contribution is 9.10. The van der Waals surface area contributed by atoms with Gasteiger partial charge in [0.2, 0.25) is 5.91 Å². The zero-order valence-electron chi connectivity index (χ0n) is 17.9. The number of aryl methyl sites for hydroxylation is 1. The molecule has 2 rings (SSSR count). The number of hydrogen-bond donors (Lipinski definition) is 1. The van der Waals surface area contributed by atoms with Gasteiger partial charge in [-0.1, -0.05) is 25.1 Å². The fraction of sp³-hybridized carbons (Fsp3) is 0.391. The van der Waals surface area contributed by atoms with Crippen molar-refractivity contribution in [3.05, 3.63) is 58.1 Å². The molecule has 30 heavy (non-hydrogen) atoms. The lowest BCUT2D eigenvalue weighted by molar-refractivity contribution is -0.142. The van der Waals surface area contributed by atoms with Gasteiger partial charge in [-0.2, -0.15) is 0 Å². The highest BCUT2D eigenvalue weighted by Crippen LogP contribution is 2.26. The van der Waals surface area contributed by atoms with Gasteiger partial charge in [-0.15, -0.1) is 0 Å². The summed E-state index contributed by atoms with van der Waals surface area (Å²) < 4.78 is 11.8. The van der Waals surface area contributed by atoms with Gasteiger partial charge in [0.15, 0.2) is 6.61 Å². The molecule has 0 saturated carbocycles. The van der Waals surface area contributed by atoms with Crippen LogP contribution in [0.2, 0.25) is 0 Å². The first-order valence-corrected chi connectivity index (χ1v) is 10.8. The number of hydrogen-bond acceptors (Lipinski definition) is 4. The summed E-state index contributed by atoms with van der Waals surface area (Å²) in [6, 6.07) is 12.6. The topological polar surface area (TPSA) is 67.9 Å². The number of nitrogens with zero attached hydrogens (tertiary/aromatic N) is 1. The van der Waals surface area contributed by atoms with E-state index in [1.807, 2.05) is 49.4 Å². The van der Waals surface area contributed by atoms with Gasteiger partial charge in [0.05, 0.1) is 11.6 Å². The second kappa shape index (κ2) is 11.6. The highest BCUT2D eigenvalue weighted by Gasteiger charge is 2.26. The number of halogens is 1. The van der Waals surface area contributed by atoms with Gasteiger partial charge < -0.3 is 19.7 Å². The van der Waals surface area contributed by atoms with E-state index in [2.05, 4.69) is 28.2 Å². The Morgan fingerprint density at radius 2 is 1.90 bits per heavy atom. The third-order valence-electron chi connectivity index (χ3n) is 4.76. The molecule has 0 heterocycles. The molecule has 2 aromatic carbocycles. The van der Waals surface area contributed by atoms with Crippen LogP contribution in [0.15, 0.2) is 46.9 Å². The molecule has 0 radical (unpaired) electrons. The average molecular weight is 477 g/mol. The van der Waals surface area contributed by atoms with Gasteiger partial charge in [0, 0.05) is 13.1 Å². The predicted molar refractivity (Wildman–Crippen MR) is 121 cm³/mol. The van der Waals surface area contributed by atoms with Crippen LogP contribution >= 0.6 is 15.9 Å². The summed E-state index contributed by atoms with van der Waals surface area (Å²) in [6.07, 6.45) is 0.913. The predicted octanol–water partition coefficient (Wildman–Crippen LogP) is 3.95. The zero-order chi connectivity index (χ0) is 22.1. The Labute approximate surface area is 186 Å². The summed E-state index contributed by atoms with van der Waals surface area (Å²) in [5, 5.41) is 2.78. The van der Waals surface area contributed by atoms with E-state index < -0.39 is 6.04 Å². The molecule has 2 aromatic rings. The second-order valence-electron chi connectivity index (χ2n) is 6.85. The first-order chi connectivity index (χ1) is 14.4. The minimum absolute atomic E-state index is 0.169. The molecule has 0 saturated heterocycles. The Balaban J connectivity index is 2.17. The van der Waals surface area contributed by atoms with Crippen LogP contribution in [0.25, 0.3) is 0 Å². The van der Waals surface area contributed by atoms with Gasteiger partial charge in [-0.3, -0.25) is 9.59 Å². The molecule has 6 nitrogen and oxygen atoms in total. The number of nitrogens with one attached hydrogen (secondary N) is 1. The van der Waals surface area contributed by atoms with Crippen LogP contribution in [0.4, 0.5) is 0 Å². The van der Waals surface area contributed by atoms with Gasteiger partial charge >= 0.3 is 0 Å². The standard InChI is InChI=1S/C23H29BrN2O4/c1-5-17-10-11-21(20(24)13-17)30-15-22(27)26(16(3)23(28)25-6-2)14-18-8-7-9-19(12-18)29-4/h7-13,16H,5-6,14-15H2,1-4H3,(H,25,28). The van der Waals surface area contributed by atoms with Gasteiger partial charge in [-0.25, -0.2) is 0 Å². The smallest absolute Gasteiger partial charge is 0.261 e. The van der Waals surface area contributed by atoms with E-state index in [1.165, 1.54) is 10.5 Å². The lowest BCUT2D eigenvalue weighted by Gasteiger charge is -2.28. The van der Waals surface area contributed by atoms with Crippen LogP contribution in [0.3, 0.4) is 0 Å². The molecule has 2 amide bonds. The average Bonchev–Trinajstić information content (AvgIpc) is 2.76. The van der Waals surface area contributed by atoms with E-state index in [4.69, 9.17) is 9.47 Å². The lowest BCUT2D eigenvalue weighted by Crippen LogP contribution is -2.49. The van der Waals surface area contributed by atoms with Crippen LogP contribution in [-0.4, -0.2) is 43.0 Å². The van der Waals surface area contributed by atoms with Crippen LogP contribution in [0.5, 0.6) is 11.5 Å². The van der Waals surface area contributed by atoms with Crippen molar-refractivity contribution < 1.29 is 19.1 Å². The number of likely N-dealkylation sites (N-methyl/N-ethyl adjacent to an activating group) is 1. The summed E-state index contributed by atoms with van der Waals surface area (Å²) in [5.74, 6) is 0.805. The van der Waals surface area contributed by atoms with Crippen LogP contribution < -0.4 is 14.8 Å². The van der Waals surface area contributed by atoms with Crippen molar-refractivity contribution in [1.82, 2.24) is 10.2 Å². The first-order valence-electron chi connectivity index (χ1n) is 10.0. The van der Waals surface area contributed by atoms with E-state index >= 15 is 0 Å². The molecule has 0 aromatic heterocycles. The Bertz CT molecular complexity index is 872. The molecule has 0 aliphatic rings. The number of methoxy groups -OCH3 is 1. The molecule has 162 valence electrons. The molecule has 7 heteroatoms. The molecular formula is C23H29BrN2O4. The van der Waals surface area contributed by atoms with E-state index in [-0.39, 0.29) is 25.0 Å². The Morgan fingerprint density at radius 1 is 1.13 bits per heavy atom. The van der Waals surface area contributed by atoms with Crippen LogP contribution in [-0.2, 0) is 22.6 Å². The Morgan fingerprint density at radius 3 is 2.53 bits per heavy atom. The normalized spacial score (nSPS) is 11.5. The van der Waals surface area contributed by atoms with Crippen molar-refractivity contribution in [3.8, 4) is 11.5 Å². The summed E-state index contributed by atoms with van der Waals surface area (Å²) in [5.41, 5.74) is 2.04. The first kappa shape index (κ1) is 23.7. The Kier molecular flexibility index (Phi) is 9.17. The van der Waals surface area contributed by atoms with Crippen molar-refractivity contribution in [1.29, 1.82) is 0 Å². The van der Waals surface area contributed by atoms with Crippen molar-refractivity contribution in [3.63, 3.8) is 0 Å². The number of carbonyl (C=O) groups is 2. The number of carbonyl (C=O) groups excluding carboxylic acids is 2. The largest absolute Gasteiger partial charge is 0.497 e. The Hall–Kier alpha value is -2.54. The van der Waals surface area contributed by atoms with Crippen LogP contribution in [0.1, 0.15) is 31.9 Å². The van der Waals surface area contributed by atoms with Gasteiger partial charge in [0.1, 0.15) is 17.5 Å². The maximum atomic E-state index is 13.0. The maximum Gasteiger partial charge on any atom is 0.261 e. The van der Waals surface area contributed by atoms with Crippen molar-refractivity contribution in [2.75, 3.05) is 20.3 Å². The molecule has 0 fully saturated rings. The fourth-order valence-corrected chi connectivity index (χ4v) is 3.52. The molecule has 0 spiro atoms. The minimum Gasteiger partial charge on any atom is -0.497 e. The second-order valence-corrected chi connectivity index (χ2v) is 7.71. The summed E-state index contributed by atoms with van der Waals surface area (Å²) in [7, 11) is 1.59. The fourth-order valence-electron chi connectivity index (χ4n) is 2.98. The quantitative estimate of drug-likeness (QED) is 0.563. The van der Waals surface area contributed by atoms with Crippen molar-refractivity contribution >= 4 is 27.7 Å². The van der Waals surface area contributed by atoms with E-state index in [9.17, 15) is 9.59 Å². The van der Waals surface area contributed by atoms with Gasteiger partial charge in [0.25, 0.3) is 5.91 Å². The molecular weight excluding hydrogens is 448 g/mol. The number of rotatable bonds is 10. The van der Waals surface area contributed by atoms with Gasteiger partial charge in [-0.05, 0) is 71.6 Å². The molecule has 1 unspecified atom stereocenters. The third-order valence-corrected chi connectivity index (χ3v) is 5.38. The highest BCUT2D eigenvalue weighted by atomic mass is 79.9. The minimum atomic E-state index is -0.641. The third kappa shape index (κ3) is 6.49. The lowest BCUT2D eigenvalue weighted by atomic mass is 10.1. The molecule has 0 aliphatic carbocycles. The molecule has 1 N–H and O–H groups in total. The number of ether oxygens (including phenoxy) is 2. The summed E-state index contributed by atoms with van der Waals surface area (Å²) >= 11 is 3.49. The molecule has 0 bridgehead atoms.